The van der Waals surface area contributed by atoms with Crippen LogP contribution in [0, 0.1) is 11.8 Å². The summed E-state index contributed by atoms with van der Waals surface area (Å²) in [6.07, 6.45) is 46.9. The van der Waals surface area contributed by atoms with Crippen LogP contribution in [0.15, 0.2) is 24.3 Å². The van der Waals surface area contributed by atoms with Crippen molar-refractivity contribution >= 4 is 39.5 Å². The average molecular weight is 1280 g/mol. The van der Waals surface area contributed by atoms with E-state index >= 15 is 0 Å². The molecule has 0 spiro atoms. The van der Waals surface area contributed by atoms with Crippen LogP contribution in [0.2, 0.25) is 0 Å². The van der Waals surface area contributed by atoms with Crippen LogP contribution in [0.1, 0.15) is 318 Å². The van der Waals surface area contributed by atoms with E-state index in [1.165, 1.54) is 116 Å². The van der Waals surface area contributed by atoms with E-state index < -0.39 is 97.5 Å². The summed E-state index contributed by atoms with van der Waals surface area (Å²) in [4.78, 5) is 72.3. The molecule has 0 aromatic rings. The van der Waals surface area contributed by atoms with Crippen molar-refractivity contribution in [2.45, 2.75) is 336 Å². The van der Waals surface area contributed by atoms with E-state index in [0.29, 0.717) is 37.5 Å². The molecule has 0 aromatic heterocycles. The highest BCUT2D eigenvalue weighted by Gasteiger charge is 2.30. The maximum Gasteiger partial charge on any atom is 0.472 e. The highest BCUT2D eigenvalue weighted by molar-refractivity contribution is 7.47. The molecule has 0 aliphatic heterocycles. The number of ether oxygens (including phenoxy) is 4. The minimum atomic E-state index is -4.96. The van der Waals surface area contributed by atoms with Crippen molar-refractivity contribution in [3.05, 3.63) is 24.3 Å². The third-order valence-electron chi connectivity index (χ3n) is 15.1. The number of carbonyl (C=O) groups is 4. The lowest BCUT2D eigenvalue weighted by molar-refractivity contribution is -0.161. The lowest BCUT2D eigenvalue weighted by atomic mass is 10.0. The Bertz CT molecular complexity index is 1790. The van der Waals surface area contributed by atoms with E-state index in [4.69, 9.17) is 37.0 Å². The molecule has 0 amide bonds. The van der Waals surface area contributed by atoms with Crippen LogP contribution in [0.25, 0.3) is 0 Å². The summed E-state index contributed by atoms with van der Waals surface area (Å²) in [5, 5.41) is 10.6. The molecule has 2 unspecified atom stereocenters. The number of hydrogen-bond donors (Lipinski definition) is 3. The highest BCUT2D eigenvalue weighted by Crippen LogP contribution is 2.45. The Balaban J connectivity index is 5.28. The second kappa shape index (κ2) is 59.8. The predicted molar refractivity (Wildman–Crippen MR) is 349 cm³/mol. The molecule has 5 atom stereocenters. The van der Waals surface area contributed by atoms with E-state index in [0.717, 1.165) is 109 Å². The molecule has 0 aromatic carbocycles. The molecule has 3 N–H and O–H groups in total. The average Bonchev–Trinajstić information content (AvgIpc) is 3.70. The number of unbranched alkanes of at least 4 members (excludes halogenated alkanes) is 32. The standard InChI is InChI=1S/C68H128O17P2/c1-7-9-11-13-15-17-19-21-22-24-26-28-32-40-46-52-67(72)84-63(56-78-65(70)50-44-38-31-27-25-23-20-18-16-14-12-10-8-2)58-82-86(74,75)80-54-62(69)55-81-87(76,77)83-59-64(57-79-66(71)51-45-39-35-34-37-43-49-61(5)6)85-68(73)53-47-41-33-29-30-36-42-48-60(3)4/h17,19,21-22,60-64,69H,7-16,18,20,23-59H2,1-6H3,(H,74,75)(H,76,77)/b19-17-,22-21-/t62-,63-,64-/m1/s1. The summed E-state index contributed by atoms with van der Waals surface area (Å²) < 4.78 is 68.1. The molecule has 0 fully saturated rings. The van der Waals surface area contributed by atoms with Gasteiger partial charge in [0.05, 0.1) is 26.4 Å². The van der Waals surface area contributed by atoms with Crippen molar-refractivity contribution in [1.82, 2.24) is 0 Å². The van der Waals surface area contributed by atoms with Gasteiger partial charge in [0, 0.05) is 25.7 Å². The zero-order valence-corrected chi connectivity index (χ0v) is 57.6. The zero-order valence-electron chi connectivity index (χ0n) is 55.8. The molecule has 0 heterocycles. The van der Waals surface area contributed by atoms with Gasteiger partial charge in [-0.15, -0.1) is 0 Å². The van der Waals surface area contributed by atoms with Crippen molar-refractivity contribution in [1.29, 1.82) is 0 Å². The van der Waals surface area contributed by atoms with Crippen molar-refractivity contribution in [2.24, 2.45) is 11.8 Å². The third-order valence-corrected chi connectivity index (χ3v) is 17.0. The van der Waals surface area contributed by atoms with Gasteiger partial charge in [-0.05, 0) is 63.2 Å². The molecule has 0 rings (SSSR count). The normalized spacial score (nSPS) is 14.4. The van der Waals surface area contributed by atoms with E-state index in [2.05, 4.69) is 65.8 Å². The topological polar surface area (TPSA) is 237 Å². The Kier molecular flexibility index (Phi) is 58.1. The number of allylic oxidation sites excluding steroid dienone is 4. The van der Waals surface area contributed by atoms with Gasteiger partial charge >= 0.3 is 39.5 Å². The molecule has 0 radical (unpaired) electrons. The Morgan fingerprint density at radius 1 is 0.356 bits per heavy atom. The van der Waals surface area contributed by atoms with Gasteiger partial charge in [-0.3, -0.25) is 37.3 Å². The molecule has 0 bridgehead atoms. The Morgan fingerprint density at radius 2 is 0.621 bits per heavy atom. The number of phosphoric ester groups is 2. The molecule has 17 nitrogen and oxygen atoms in total. The van der Waals surface area contributed by atoms with Crippen molar-refractivity contribution in [2.75, 3.05) is 39.6 Å². The maximum absolute atomic E-state index is 13.0. The van der Waals surface area contributed by atoms with Gasteiger partial charge in [0.1, 0.15) is 19.3 Å². The number of hydrogen-bond acceptors (Lipinski definition) is 15. The van der Waals surface area contributed by atoms with Gasteiger partial charge < -0.3 is 33.8 Å². The van der Waals surface area contributed by atoms with Crippen LogP contribution >= 0.6 is 15.6 Å². The fraction of sp³-hybridized carbons (Fsp3) is 0.882. The minimum Gasteiger partial charge on any atom is -0.462 e. The largest absolute Gasteiger partial charge is 0.472 e. The molecule has 512 valence electrons. The Morgan fingerprint density at radius 3 is 0.943 bits per heavy atom. The molecule has 0 saturated heterocycles. The number of aliphatic hydroxyl groups is 1. The molecule has 0 aliphatic carbocycles. The van der Waals surface area contributed by atoms with Crippen LogP contribution in [-0.2, 0) is 65.4 Å². The minimum absolute atomic E-state index is 0.0849. The van der Waals surface area contributed by atoms with Gasteiger partial charge in [0.25, 0.3) is 0 Å². The van der Waals surface area contributed by atoms with Gasteiger partial charge in [0.15, 0.2) is 12.2 Å². The van der Waals surface area contributed by atoms with Crippen LogP contribution in [0.5, 0.6) is 0 Å². The molecule has 87 heavy (non-hydrogen) atoms. The van der Waals surface area contributed by atoms with Crippen molar-refractivity contribution in [3.63, 3.8) is 0 Å². The number of rotatable bonds is 65. The van der Waals surface area contributed by atoms with E-state index in [9.17, 15) is 43.2 Å². The Hall–Kier alpha value is -2.46. The SMILES string of the molecule is CCCCCC/C=C\C=C/CCCCCCCC(=O)O[C@H](COC(=O)CCCCCCCCCCCCCCC)COP(=O)(O)OC[C@@H](O)COP(=O)(O)OC[C@@H](COC(=O)CCCCCCCCC(C)C)OC(=O)CCCCCCCCCC(C)C. The second-order valence-electron chi connectivity index (χ2n) is 24.8. The predicted octanol–water partition coefficient (Wildman–Crippen LogP) is 18.8. The Labute approximate surface area is 529 Å². The monoisotopic (exact) mass is 1280 g/mol. The summed E-state index contributed by atoms with van der Waals surface area (Å²) in [6.45, 7) is 9.31. The molecule has 0 saturated carbocycles. The quantitative estimate of drug-likeness (QED) is 0.0169. The van der Waals surface area contributed by atoms with Crippen LogP contribution in [-0.4, -0.2) is 96.7 Å². The lowest BCUT2D eigenvalue weighted by Gasteiger charge is -2.21. The molecular formula is C68H128O17P2. The highest BCUT2D eigenvalue weighted by atomic mass is 31.2. The number of aliphatic hydroxyl groups excluding tert-OH is 1. The van der Waals surface area contributed by atoms with Crippen molar-refractivity contribution in [3.8, 4) is 0 Å². The molecular weight excluding hydrogens is 1150 g/mol. The first kappa shape index (κ1) is 84.5. The summed E-state index contributed by atoms with van der Waals surface area (Å²) in [6, 6.07) is 0. The molecule has 0 aliphatic rings. The fourth-order valence-electron chi connectivity index (χ4n) is 9.70. The first-order chi connectivity index (χ1) is 41.9. The van der Waals surface area contributed by atoms with Gasteiger partial charge in [0.2, 0.25) is 0 Å². The third kappa shape index (κ3) is 62.1. The van der Waals surface area contributed by atoms with Crippen LogP contribution in [0.4, 0.5) is 0 Å². The van der Waals surface area contributed by atoms with Crippen LogP contribution < -0.4 is 0 Å². The fourth-order valence-corrected chi connectivity index (χ4v) is 11.3. The van der Waals surface area contributed by atoms with Crippen LogP contribution in [0.3, 0.4) is 0 Å². The summed E-state index contributed by atoms with van der Waals surface area (Å²) in [5.41, 5.74) is 0. The summed E-state index contributed by atoms with van der Waals surface area (Å²) in [7, 11) is -9.91. The number of esters is 4. The number of phosphoric acid groups is 2. The first-order valence-electron chi connectivity index (χ1n) is 34.8. The first-order valence-corrected chi connectivity index (χ1v) is 37.8. The second-order valence-corrected chi connectivity index (χ2v) is 27.7. The zero-order chi connectivity index (χ0) is 64.3. The van der Waals surface area contributed by atoms with Gasteiger partial charge in [-0.25, -0.2) is 9.13 Å². The number of carbonyl (C=O) groups excluding carboxylic acids is 4. The van der Waals surface area contributed by atoms with Gasteiger partial charge in [-0.2, -0.15) is 0 Å². The molecule has 19 heteroatoms. The lowest BCUT2D eigenvalue weighted by Crippen LogP contribution is -2.30. The van der Waals surface area contributed by atoms with Gasteiger partial charge in [-0.1, -0.05) is 265 Å². The van der Waals surface area contributed by atoms with E-state index in [-0.39, 0.29) is 25.7 Å². The van der Waals surface area contributed by atoms with Crippen molar-refractivity contribution < 1.29 is 80.2 Å². The maximum atomic E-state index is 13.0. The van der Waals surface area contributed by atoms with E-state index in [1.54, 1.807) is 0 Å². The summed E-state index contributed by atoms with van der Waals surface area (Å²) >= 11 is 0. The van der Waals surface area contributed by atoms with E-state index in [1.807, 2.05) is 0 Å². The summed E-state index contributed by atoms with van der Waals surface area (Å²) in [5.74, 6) is -0.790. The smallest absolute Gasteiger partial charge is 0.462 e.